The third-order valence-electron chi connectivity index (χ3n) is 5.92. The summed E-state index contributed by atoms with van der Waals surface area (Å²) in [5.74, 6) is 0.108. The van der Waals surface area contributed by atoms with Crippen LogP contribution in [0.2, 0.25) is 10.0 Å². The fourth-order valence-corrected chi connectivity index (χ4v) is 4.44. The summed E-state index contributed by atoms with van der Waals surface area (Å²) in [4.78, 5) is 23.2. The molecule has 1 aliphatic rings. The van der Waals surface area contributed by atoms with Crippen molar-refractivity contribution >= 4 is 29.1 Å². The first-order valence-electron chi connectivity index (χ1n) is 10.5. The van der Waals surface area contributed by atoms with E-state index in [1.807, 2.05) is 31.2 Å². The van der Waals surface area contributed by atoms with Gasteiger partial charge in [-0.2, -0.15) is 10.5 Å². The molecule has 0 radical (unpaired) electrons. The zero-order valence-electron chi connectivity index (χ0n) is 18.2. The van der Waals surface area contributed by atoms with Crippen LogP contribution in [0.15, 0.2) is 54.9 Å². The fourth-order valence-electron chi connectivity index (χ4n) is 4.13. The average molecular weight is 492 g/mol. The van der Waals surface area contributed by atoms with Gasteiger partial charge in [-0.3, -0.25) is 4.79 Å². The monoisotopic (exact) mass is 491 g/mol. The summed E-state index contributed by atoms with van der Waals surface area (Å²) in [5.41, 5.74) is 2.06. The van der Waals surface area contributed by atoms with Gasteiger partial charge in [-0.1, -0.05) is 29.3 Å². The Bertz CT molecular complexity index is 1280. The molecule has 2 aromatic heterocycles. The number of aromatic nitrogens is 2. The Morgan fingerprint density at radius 3 is 2.50 bits per heavy atom. The van der Waals surface area contributed by atoms with Gasteiger partial charge in [0.2, 0.25) is 5.88 Å². The Labute approximate surface area is 207 Å². The van der Waals surface area contributed by atoms with Gasteiger partial charge >= 0.3 is 0 Å². The molecule has 1 saturated heterocycles. The summed E-state index contributed by atoms with van der Waals surface area (Å²) in [6.45, 7) is 2.84. The third kappa shape index (κ3) is 4.97. The molecule has 3 unspecified atom stereocenters. The van der Waals surface area contributed by atoms with E-state index in [-0.39, 0.29) is 29.5 Å². The molecule has 7 nitrogen and oxygen atoms in total. The number of pyridine rings is 2. The number of hydrogen-bond donors (Lipinski definition) is 0. The van der Waals surface area contributed by atoms with Crippen LogP contribution in [0, 0.1) is 28.6 Å². The van der Waals surface area contributed by atoms with E-state index < -0.39 is 0 Å². The average Bonchev–Trinajstić information content (AvgIpc) is 3.31. The van der Waals surface area contributed by atoms with Gasteiger partial charge in [-0.25, -0.2) is 9.97 Å². The maximum Gasteiger partial charge on any atom is 0.255 e. The van der Waals surface area contributed by atoms with Crippen LogP contribution in [-0.2, 0) is 0 Å². The Balaban J connectivity index is 1.60. The smallest absolute Gasteiger partial charge is 0.255 e. The predicted octanol–water partition coefficient (Wildman–Crippen LogP) is 4.85. The largest absolute Gasteiger partial charge is 0.474 e. The highest BCUT2D eigenvalue weighted by molar-refractivity contribution is 6.42. The predicted molar refractivity (Wildman–Crippen MR) is 127 cm³/mol. The van der Waals surface area contributed by atoms with Gasteiger partial charge in [0.15, 0.2) is 0 Å². The van der Waals surface area contributed by atoms with Gasteiger partial charge in [-0.05, 0) is 42.8 Å². The van der Waals surface area contributed by atoms with E-state index in [0.717, 1.165) is 5.56 Å². The zero-order chi connectivity index (χ0) is 24.2. The van der Waals surface area contributed by atoms with Crippen LogP contribution in [0.1, 0.15) is 40.0 Å². The number of likely N-dealkylation sites (tertiary alicyclic amines) is 1. The van der Waals surface area contributed by atoms with Crippen molar-refractivity contribution in [3.05, 3.63) is 87.3 Å². The number of ether oxygens (including phenoxy) is 1. The number of nitrogens with zero attached hydrogens (tertiary/aromatic N) is 5. The molecule has 1 aliphatic heterocycles. The topological polar surface area (TPSA) is 103 Å². The molecule has 34 heavy (non-hydrogen) atoms. The number of hydrogen-bond acceptors (Lipinski definition) is 6. The highest BCUT2D eigenvalue weighted by Gasteiger charge is 2.40. The SMILES string of the molecule is CC(Oc1ccc(C#N)cn1)C1CN(C(=O)c2ccc(C#N)nc2)CC1c1ccc(Cl)c(Cl)c1. The molecule has 9 heteroatoms. The van der Waals surface area contributed by atoms with Crippen LogP contribution in [0.25, 0.3) is 0 Å². The molecule has 4 rings (SSSR count). The molecule has 170 valence electrons. The lowest BCUT2D eigenvalue weighted by atomic mass is 9.86. The van der Waals surface area contributed by atoms with Gasteiger partial charge < -0.3 is 9.64 Å². The van der Waals surface area contributed by atoms with Crippen LogP contribution in [0.3, 0.4) is 0 Å². The van der Waals surface area contributed by atoms with Crippen LogP contribution in [-0.4, -0.2) is 40.0 Å². The Hall–Kier alpha value is -3.65. The molecule has 0 bridgehead atoms. The van der Waals surface area contributed by atoms with Gasteiger partial charge in [0, 0.05) is 43.4 Å². The lowest BCUT2D eigenvalue weighted by Gasteiger charge is -2.25. The second-order valence-corrected chi connectivity index (χ2v) is 8.83. The van der Waals surface area contributed by atoms with Gasteiger partial charge in [0.05, 0.1) is 21.2 Å². The molecule has 0 spiro atoms. The summed E-state index contributed by atoms with van der Waals surface area (Å²) < 4.78 is 6.10. The number of rotatable bonds is 5. The molecule has 1 amide bonds. The highest BCUT2D eigenvalue weighted by atomic mass is 35.5. The van der Waals surface area contributed by atoms with E-state index in [1.165, 1.54) is 18.5 Å². The molecule has 1 aromatic carbocycles. The van der Waals surface area contributed by atoms with Crippen molar-refractivity contribution in [2.24, 2.45) is 5.92 Å². The van der Waals surface area contributed by atoms with Gasteiger partial charge in [0.25, 0.3) is 5.91 Å². The number of halogens is 2. The molecular formula is C25H19Cl2N5O2. The lowest BCUT2D eigenvalue weighted by Crippen LogP contribution is -2.32. The lowest BCUT2D eigenvalue weighted by molar-refractivity contribution is 0.0769. The van der Waals surface area contributed by atoms with Crippen LogP contribution < -0.4 is 4.74 Å². The standard InChI is InChI=1S/C25H19Cl2N5O2/c1-15(34-24-7-2-16(9-28)11-31-24)20-13-32(25(33)18-3-5-19(10-29)30-12-18)14-21(20)17-4-6-22(26)23(27)8-17/h2-8,11-12,15,20-21H,13-14H2,1H3. The molecular weight excluding hydrogens is 473 g/mol. The minimum absolute atomic E-state index is 0.0570. The van der Waals surface area contributed by atoms with E-state index in [9.17, 15) is 4.79 Å². The number of benzene rings is 1. The van der Waals surface area contributed by atoms with Crippen LogP contribution >= 0.6 is 23.2 Å². The summed E-state index contributed by atoms with van der Waals surface area (Å²) in [7, 11) is 0. The second kappa shape index (κ2) is 10.1. The maximum absolute atomic E-state index is 13.2. The van der Waals surface area contributed by atoms with Crippen molar-refractivity contribution in [3.63, 3.8) is 0 Å². The molecule has 0 saturated carbocycles. The van der Waals surface area contributed by atoms with Crippen molar-refractivity contribution in [1.29, 1.82) is 10.5 Å². The molecule has 0 aliphatic carbocycles. The Kier molecular flexibility index (Phi) is 6.98. The minimum atomic E-state index is -0.295. The van der Waals surface area contributed by atoms with Crippen molar-refractivity contribution in [3.8, 4) is 18.0 Å². The maximum atomic E-state index is 13.2. The molecule has 0 N–H and O–H groups in total. The summed E-state index contributed by atoms with van der Waals surface area (Å²) in [6, 6.07) is 15.9. The quantitative estimate of drug-likeness (QED) is 0.505. The van der Waals surface area contributed by atoms with Crippen molar-refractivity contribution in [1.82, 2.24) is 14.9 Å². The van der Waals surface area contributed by atoms with Gasteiger partial charge in [0.1, 0.15) is 23.9 Å². The van der Waals surface area contributed by atoms with E-state index in [1.54, 1.807) is 29.2 Å². The van der Waals surface area contributed by atoms with E-state index in [2.05, 4.69) is 9.97 Å². The fraction of sp³-hybridized carbons (Fsp3) is 0.240. The number of carbonyl (C=O) groups is 1. The number of carbonyl (C=O) groups excluding carboxylic acids is 1. The van der Waals surface area contributed by atoms with Gasteiger partial charge in [-0.15, -0.1) is 0 Å². The van der Waals surface area contributed by atoms with E-state index in [0.29, 0.717) is 40.1 Å². The second-order valence-electron chi connectivity index (χ2n) is 8.02. The van der Waals surface area contributed by atoms with Crippen molar-refractivity contribution in [2.75, 3.05) is 13.1 Å². The van der Waals surface area contributed by atoms with Crippen molar-refractivity contribution in [2.45, 2.75) is 18.9 Å². The minimum Gasteiger partial charge on any atom is -0.474 e. The Morgan fingerprint density at radius 2 is 1.88 bits per heavy atom. The summed E-state index contributed by atoms with van der Waals surface area (Å²) >= 11 is 12.4. The molecule has 3 heterocycles. The van der Waals surface area contributed by atoms with E-state index in [4.69, 9.17) is 38.5 Å². The van der Waals surface area contributed by atoms with Crippen LogP contribution in [0.4, 0.5) is 0 Å². The first kappa shape index (κ1) is 23.5. The molecule has 3 atom stereocenters. The number of amides is 1. The third-order valence-corrected chi connectivity index (χ3v) is 6.66. The summed E-state index contributed by atoms with van der Waals surface area (Å²) in [6.07, 6.45) is 2.58. The van der Waals surface area contributed by atoms with Crippen LogP contribution in [0.5, 0.6) is 5.88 Å². The van der Waals surface area contributed by atoms with Crippen molar-refractivity contribution < 1.29 is 9.53 Å². The molecule has 3 aromatic rings. The Morgan fingerprint density at radius 1 is 1.06 bits per heavy atom. The summed E-state index contributed by atoms with van der Waals surface area (Å²) in [5, 5.41) is 18.9. The first-order valence-corrected chi connectivity index (χ1v) is 11.3. The first-order chi connectivity index (χ1) is 16.4. The molecule has 1 fully saturated rings. The highest BCUT2D eigenvalue weighted by Crippen LogP contribution is 2.38. The zero-order valence-corrected chi connectivity index (χ0v) is 19.7. The van der Waals surface area contributed by atoms with E-state index >= 15 is 0 Å². The number of nitriles is 2. The normalized spacial score (nSPS) is 18.1.